The number of carbonyl (C=O) groups excluding carboxylic acids is 2. The minimum Gasteiger partial charge on any atom is -0.450 e. The predicted octanol–water partition coefficient (Wildman–Crippen LogP) is 1.44. The van der Waals surface area contributed by atoms with E-state index in [1.165, 1.54) is 9.87 Å². The summed E-state index contributed by atoms with van der Waals surface area (Å²) in [6.07, 6.45) is 3.50. The fourth-order valence-electron chi connectivity index (χ4n) is 3.89. The van der Waals surface area contributed by atoms with E-state index in [4.69, 9.17) is 4.74 Å². The Morgan fingerprint density at radius 2 is 1.79 bits per heavy atom. The predicted molar refractivity (Wildman–Crippen MR) is 108 cm³/mol. The summed E-state index contributed by atoms with van der Waals surface area (Å²) >= 11 is 0. The highest BCUT2D eigenvalue weighted by atomic mass is 32.2. The van der Waals surface area contributed by atoms with Gasteiger partial charge in [0.05, 0.1) is 11.5 Å². The first-order valence-corrected chi connectivity index (χ1v) is 11.7. The molecule has 1 aliphatic heterocycles. The zero-order chi connectivity index (χ0) is 20.9. The van der Waals surface area contributed by atoms with Crippen molar-refractivity contribution in [3.63, 3.8) is 0 Å². The van der Waals surface area contributed by atoms with Crippen LogP contribution >= 0.6 is 0 Å². The highest BCUT2D eigenvalue weighted by molar-refractivity contribution is 7.89. The number of hydrogen-bond acceptors (Lipinski definition) is 5. The lowest BCUT2D eigenvalue weighted by atomic mass is 9.97. The van der Waals surface area contributed by atoms with Crippen LogP contribution in [0.4, 0.5) is 4.79 Å². The molecule has 2 aliphatic rings. The van der Waals surface area contributed by atoms with Crippen molar-refractivity contribution in [3.05, 3.63) is 29.3 Å². The Kier molecular flexibility index (Phi) is 7.13. The maximum absolute atomic E-state index is 13.0. The van der Waals surface area contributed by atoms with Gasteiger partial charge in [0.15, 0.2) is 0 Å². The molecule has 1 aromatic carbocycles. The van der Waals surface area contributed by atoms with Crippen LogP contribution in [0.25, 0.3) is 0 Å². The lowest BCUT2D eigenvalue weighted by Gasteiger charge is -2.30. The average Bonchev–Trinajstić information content (AvgIpc) is 3.19. The van der Waals surface area contributed by atoms with Crippen LogP contribution in [0.15, 0.2) is 23.1 Å². The number of alkyl carbamates (subject to hydrolysis) is 1. The van der Waals surface area contributed by atoms with Crippen LogP contribution in [0, 0.1) is 5.92 Å². The molecule has 0 unspecified atom stereocenters. The van der Waals surface area contributed by atoms with Gasteiger partial charge in [0.1, 0.15) is 0 Å². The first kappa shape index (κ1) is 21.6. The average molecular weight is 424 g/mol. The van der Waals surface area contributed by atoms with Crippen LogP contribution in [-0.2, 0) is 32.4 Å². The molecule has 1 saturated heterocycles. The van der Waals surface area contributed by atoms with Gasteiger partial charge >= 0.3 is 6.09 Å². The zero-order valence-electron chi connectivity index (χ0n) is 16.8. The van der Waals surface area contributed by atoms with Gasteiger partial charge in [0, 0.05) is 32.1 Å². The monoisotopic (exact) mass is 423 g/mol. The molecule has 0 radical (unpaired) electrons. The maximum Gasteiger partial charge on any atom is 0.407 e. The van der Waals surface area contributed by atoms with Gasteiger partial charge < -0.3 is 15.4 Å². The van der Waals surface area contributed by atoms with Gasteiger partial charge in [-0.05, 0) is 62.3 Å². The van der Waals surface area contributed by atoms with E-state index < -0.39 is 16.1 Å². The summed E-state index contributed by atoms with van der Waals surface area (Å²) < 4.78 is 32.2. The fourth-order valence-corrected chi connectivity index (χ4v) is 5.41. The van der Waals surface area contributed by atoms with Crippen LogP contribution < -0.4 is 10.6 Å². The molecule has 0 aromatic heterocycles. The zero-order valence-corrected chi connectivity index (χ0v) is 17.6. The Morgan fingerprint density at radius 1 is 1.10 bits per heavy atom. The molecule has 1 aliphatic carbocycles. The Balaban J connectivity index is 1.47. The second-order valence-corrected chi connectivity index (χ2v) is 9.34. The summed E-state index contributed by atoms with van der Waals surface area (Å²) in [5.41, 5.74) is 2.38. The van der Waals surface area contributed by atoms with Crippen LogP contribution in [0.1, 0.15) is 37.3 Å². The normalized spacial score (nSPS) is 17.6. The summed E-state index contributed by atoms with van der Waals surface area (Å²) in [5.74, 6) is -0.325. The number of nitrogens with zero attached hydrogens (tertiary/aromatic N) is 1. The first-order chi connectivity index (χ1) is 13.9. The number of benzene rings is 1. The molecule has 1 heterocycles. The van der Waals surface area contributed by atoms with E-state index in [9.17, 15) is 18.0 Å². The van der Waals surface area contributed by atoms with Gasteiger partial charge in [-0.3, -0.25) is 4.79 Å². The lowest BCUT2D eigenvalue weighted by molar-refractivity contribution is -0.126. The smallest absolute Gasteiger partial charge is 0.407 e. The molecular formula is C20H29N3O5S. The summed E-state index contributed by atoms with van der Waals surface area (Å²) in [7, 11) is -3.53. The molecular weight excluding hydrogens is 394 g/mol. The van der Waals surface area contributed by atoms with Crippen LogP contribution in [0.5, 0.6) is 0 Å². The molecule has 3 rings (SSSR count). The van der Waals surface area contributed by atoms with Gasteiger partial charge in [-0.2, -0.15) is 4.31 Å². The summed E-state index contributed by atoms with van der Waals surface area (Å²) in [5, 5.41) is 5.33. The van der Waals surface area contributed by atoms with E-state index in [1.807, 2.05) is 12.1 Å². The van der Waals surface area contributed by atoms with Crippen molar-refractivity contribution >= 4 is 22.0 Å². The van der Waals surface area contributed by atoms with Gasteiger partial charge in [-0.25, -0.2) is 13.2 Å². The Labute approximate surface area is 172 Å². The van der Waals surface area contributed by atoms with Crippen molar-refractivity contribution in [1.29, 1.82) is 0 Å². The molecule has 2 amide bonds. The summed E-state index contributed by atoms with van der Waals surface area (Å²) in [4.78, 5) is 23.8. The van der Waals surface area contributed by atoms with Crippen LogP contribution in [0.3, 0.4) is 0 Å². The van der Waals surface area contributed by atoms with E-state index in [0.717, 1.165) is 24.8 Å². The van der Waals surface area contributed by atoms with Crippen molar-refractivity contribution in [2.75, 3.05) is 32.8 Å². The molecule has 9 heteroatoms. The minimum absolute atomic E-state index is 0.106. The third-order valence-electron chi connectivity index (χ3n) is 5.50. The van der Waals surface area contributed by atoms with Gasteiger partial charge in [0.25, 0.3) is 0 Å². The molecule has 2 N–H and O–H groups in total. The van der Waals surface area contributed by atoms with Crippen LogP contribution in [-0.4, -0.2) is 57.5 Å². The van der Waals surface area contributed by atoms with E-state index in [1.54, 1.807) is 13.0 Å². The van der Waals surface area contributed by atoms with E-state index in [-0.39, 0.29) is 18.4 Å². The van der Waals surface area contributed by atoms with Gasteiger partial charge in [-0.1, -0.05) is 6.07 Å². The summed E-state index contributed by atoms with van der Waals surface area (Å²) in [6, 6.07) is 5.45. The Bertz CT molecular complexity index is 848. The number of fused-ring (bicyclic) bond motifs is 1. The number of carbonyl (C=O) groups is 2. The maximum atomic E-state index is 13.0. The topological polar surface area (TPSA) is 105 Å². The second kappa shape index (κ2) is 9.58. The molecule has 8 nitrogen and oxygen atoms in total. The number of amides is 2. The van der Waals surface area contributed by atoms with Crippen molar-refractivity contribution < 1.29 is 22.7 Å². The third-order valence-corrected chi connectivity index (χ3v) is 7.40. The number of piperidine rings is 1. The number of rotatable bonds is 7. The highest BCUT2D eigenvalue weighted by Gasteiger charge is 2.32. The van der Waals surface area contributed by atoms with Crippen molar-refractivity contribution in [2.24, 2.45) is 5.92 Å². The molecule has 0 spiro atoms. The molecule has 1 aromatic rings. The standard InChI is InChI=1S/C20H29N3O5S/c1-2-28-20(25)22-11-10-21-19(24)16-8-12-23(13-9-16)29(26,27)18-7-6-15-4-3-5-17(15)14-18/h6-7,14,16H,2-5,8-13H2,1H3,(H,21,24)(H,22,25). The molecule has 0 bridgehead atoms. The summed E-state index contributed by atoms with van der Waals surface area (Å²) in [6.45, 7) is 3.28. The molecule has 1 fully saturated rings. The lowest BCUT2D eigenvalue weighted by Crippen LogP contribution is -2.44. The quantitative estimate of drug-likeness (QED) is 0.646. The molecule has 0 atom stereocenters. The Hall–Kier alpha value is -2.13. The number of nitrogens with one attached hydrogen (secondary N) is 2. The third kappa shape index (κ3) is 5.27. The van der Waals surface area contributed by atoms with E-state index in [0.29, 0.717) is 44.0 Å². The second-order valence-electron chi connectivity index (χ2n) is 7.40. The molecule has 29 heavy (non-hydrogen) atoms. The van der Waals surface area contributed by atoms with Crippen LogP contribution in [0.2, 0.25) is 0 Å². The number of ether oxygens (including phenoxy) is 1. The SMILES string of the molecule is CCOC(=O)NCCNC(=O)C1CCN(S(=O)(=O)c2ccc3c(c2)CCC3)CC1. The highest BCUT2D eigenvalue weighted by Crippen LogP contribution is 2.28. The fraction of sp³-hybridized carbons (Fsp3) is 0.600. The largest absolute Gasteiger partial charge is 0.450 e. The molecule has 160 valence electrons. The van der Waals surface area contributed by atoms with Gasteiger partial charge in [0.2, 0.25) is 15.9 Å². The first-order valence-electron chi connectivity index (χ1n) is 10.2. The Morgan fingerprint density at radius 3 is 2.52 bits per heavy atom. The van der Waals surface area contributed by atoms with Crippen molar-refractivity contribution in [1.82, 2.24) is 14.9 Å². The minimum atomic E-state index is -3.53. The van der Waals surface area contributed by atoms with E-state index in [2.05, 4.69) is 10.6 Å². The number of hydrogen-bond donors (Lipinski definition) is 2. The van der Waals surface area contributed by atoms with Gasteiger partial charge in [-0.15, -0.1) is 0 Å². The number of sulfonamides is 1. The molecule has 0 saturated carbocycles. The van der Waals surface area contributed by atoms with Crippen molar-refractivity contribution in [3.8, 4) is 0 Å². The number of aryl methyl sites for hydroxylation is 2. The van der Waals surface area contributed by atoms with E-state index >= 15 is 0 Å². The van der Waals surface area contributed by atoms with Crippen molar-refractivity contribution in [2.45, 2.75) is 43.9 Å².